The third-order valence-electron chi connectivity index (χ3n) is 4.58. The molecule has 2 amide bonds. The first kappa shape index (κ1) is 19.6. The first-order chi connectivity index (χ1) is 13.3. The Kier molecular flexibility index (Phi) is 5.79. The first-order valence-electron chi connectivity index (χ1n) is 9.35. The van der Waals surface area contributed by atoms with Crippen LogP contribution in [0.2, 0.25) is 0 Å². The van der Waals surface area contributed by atoms with Crippen molar-refractivity contribution in [1.82, 2.24) is 5.32 Å². The second kappa shape index (κ2) is 8.26. The lowest BCUT2D eigenvalue weighted by Crippen LogP contribution is -2.29. The third kappa shape index (κ3) is 4.98. The molecule has 0 spiro atoms. The highest BCUT2D eigenvalue weighted by atomic mass is 16.5. The average Bonchev–Trinajstić information content (AvgIpc) is 2.95. The van der Waals surface area contributed by atoms with E-state index in [0.717, 1.165) is 29.0 Å². The van der Waals surface area contributed by atoms with Crippen LogP contribution < -0.4 is 20.1 Å². The van der Waals surface area contributed by atoms with Gasteiger partial charge in [-0.15, -0.1) is 0 Å². The molecule has 0 aromatic heterocycles. The van der Waals surface area contributed by atoms with Gasteiger partial charge in [-0.1, -0.05) is 30.0 Å². The smallest absolute Gasteiger partial charge is 0.319 e. The van der Waals surface area contributed by atoms with Crippen molar-refractivity contribution in [2.45, 2.75) is 39.7 Å². The number of hydrogen-bond donors (Lipinski definition) is 2. The molecule has 5 nitrogen and oxygen atoms in total. The van der Waals surface area contributed by atoms with Crippen molar-refractivity contribution >= 4 is 11.7 Å². The number of anilines is 1. The molecule has 5 heteroatoms. The maximum atomic E-state index is 11.9. The molecule has 0 unspecified atom stereocenters. The van der Waals surface area contributed by atoms with Crippen molar-refractivity contribution in [3.63, 3.8) is 0 Å². The van der Waals surface area contributed by atoms with E-state index < -0.39 is 0 Å². The minimum atomic E-state index is -0.282. The lowest BCUT2D eigenvalue weighted by molar-refractivity contribution is 0.133. The number of para-hydroxylation sites is 1. The molecule has 2 aromatic rings. The van der Waals surface area contributed by atoms with Crippen LogP contribution in [0.25, 0.3) is 0 Å². The second-order valence-electron chi connectivity index (χ2n) is 7.53. The van der Waals surface area contributed by atoms with Gasteiger partial charge in [-0.05, 0) is 57.0 Å². The van der Waals surface area contributed by atoms with E-state index in [9.17, 15) is 4.79 Å². The zero-order valence-electron chi connectivity index (χ0n) is 16.8. The van der Waals surface area contributed by atoms with E-state index >= 15 is 0 Å². The molecule has 1 heterocycles. The Morgan fingerprint density at radius 1 is 1.18 bits per heavy atom. The fraction of sp³-hybridized carbons (Fsp3) is 0.348. The second-order valence-corrected chi connectivity index (χ2v) is 7.53. The van der Waals surface area contributed by atoms with E-state index in [1.54, 1.807) is 0 Å². The van der Waals surface area contributed by atoms with Crippen molar-refractivity contribution in [2.75, 3.05) is 18.5 Å². The minimum Gasteiger partial charge on any atom is -0.483 e. The molecule has 1 aliphatic heterocycles. The number of aryl methyl sites for hydroxylation is 2. The van der Waals surface area contributed by atoms with Gasteiger partial charge in [0.05, 0.1) is 6.54 Å². The standard InChI is InChI=1S/C23H26N2O3/c1-16-10-11-19(14-17(16)2)25-22(26)24-12-5-6-13-27-20-9-7-8-18-15-23(3,4)28-21(18)20/h7-11,14H,12-13,15H2,1-4H3,(H2,24,25,26). The van der Waals surface area contributed by atoms with Gasteiger partial charge in [0.2, 0.25) is 0 Å². The summed E-state index contributed by atoms with van der Waals surface area (Å²) in [4.78, 5) is 11.9. The molecule has 0 fully saturated rings. The summed E-state index contributed by atoms with van der Waals surface area (Å²) in [5, 5.41) is 5.51. The van der Waals surface area contributed by atoms with Gasteiger partial charge in [-0.2, -0.15) is 0 Å². The predicted octanol–water partition coefficient (Wildman–Crippen LogP) is 4.22. The highest BCUT2D eigenvalue weighted by Gasteiger charge is 2.32. The van der Waals surface area contributed by atoms with Crippen molar-refractivity contribution in [1.29, 1.82) is 0 Å². The van der Waals surface area contributed by atoms with E-state index in [2.05, 4.69) is 42.4 Å². The summed E-state index contributed by atoms with van der Waals surface area (Å²) in [6.07, 6.45) is 0.866. The molecule has 1 aliphatic rings. The number of nitrogens with one attached hydrogen (secondary N) is 2. The van der Waals surface area contributed by atoms with Crippen LogP contribution in [0.3, 0.4) is 0 Å². The minimum absolute atomic E-state index is 0.208. The molecule has 0 bridgehead atoms. The molecular weight excluding hydrogens is 352 g/mol. The molecule has 2 N–H and O–H groups in total. The number of urea groups is 1. The number of hydrogen-bond acceptors (Lipinski definition) is 3. The average molecular weight is 378 g/mol. The zero-order chi connectivity index (χ0) is 20.1. The molecule has 0 atom stereocenters. The molecule has 0 aliphatic carbocycles. The molecule has 0 radical (unpaired) electrons. The van der Waals surface area contributed by atoms with Crippen LogP contribution in [-0.4, -0.2) is 24.8 Å². The summed E-state index contributed by atoms with van der Waals surface area (Å²) in [6, 6.07) is 11.4. The fourth-order valence-corrected chi connectivity index (χ4v) is 3.05. The van der Waals surface area contributed by atoms with Gasteiger partial charge >= 0.3 is 6.03 Å². The number of carbonyl (C=O) groups is 1. The molecular formula is C23H26N2O3. The summed E-state index contributed by atoms with van der Waals surface area (Å²) in [6.45, 7) is 8.65. The molecule has 0 saturated heterocycles. The van der Waals surface area contributed by atoms with Crippen LogP contribution in [0.4, 0.5) is 10.5 Å². The quantitative estimate of drug-likeness (QED) is 0.783. The third-order valence-corrected chi connectivity index (χ3v) is 4.58. The van der Waals surface area contributed by atoms with Crippen molar-refractivity contribution < 1.29 is 14.3 Å². The van der Waals surface area contributed by atoms with Gasteiger partial charge in [-0.25, -0.2) is 4.79 Å². The van der Waals surface area contributed by atoms with Gasteiger partial charge in [-0.3, -0.25) is 0 Å². The molecule has 2 aromatic carbocycles. The number of carbonyl (C=O) groups excluding carboxylic acids is 1. The highest BCUT2D eigenvalue weighted by molar-refractivity contribution is 5.89. The summed E-state index contributed by atoms with van der Waals surface area (Å²) in [7, 11) is 0. The topological polar surface area (TPSA) is 59.6 Å². The van der Waals surface area contributed by atoms with Crippen LogP contribution in [-0.2, 0) is 6.42 Å². The number of fused-ring (bicyclic) bond motifs is 1. The summed E-state index contributed by atoms with van der Waals surface area (Å²) in [5.41, 5.74) is 4.03. The van der Waals surface area contributed by atoms with Gasteiger partial charge in [0.15, 0.2) is 11.5 Å². The van der Waals surface area contributed by atoms with Gasteiger partial charge in [0.25, 0.3) is 0 Å². The van der Waals surface area contributed by atoms with E-state index in [4.69, 9.17) is 9.47 Å². The fourth-order valence-electron chi connectivity index (χ4n) is 3.05. The monoisotopic (exact) mass is 378 g/mol. The van der Waals surface area contributed by atoms with Crippen LogP contribution in [0.1, 0.15) is 30.5 Å². The van der Waals surface area contributed by atoms with Gasteiger partial charge in [0.1, 0.15) is 12.2 Å². The maximum Gasteiger partial charge on any atom is 0.319 e. The lowest BCUT2D eigenvalue weighted by Gasteiger charge is -2.17. The van der Waals surface area contributed by atoms with Crippen molar-refractivity contribution in [3.05, 3.63) is 53.1 Å². The lowest BCUT2D eigenvalue weighted by atomic mass is 10.0. The van der Waals surface area contributed by atoms with Crippen LogP contribution >= 0.6 is 0 Å². The van der Waals surface area contributed by atoms with Crippen molar-refractivity contribution in [3.8, 4) is 23.3 Å². The molecule has 28 heavy (non-hydrogen) atoms. The van der Waals surface area contributed by atoms with Crippen molar-refractivity contribution in [2.24, 2.45) is 0 Å². The molecule has 146 valence electrons. The van der Waals surface area contributed by atoms with E-state index in [1.165, 1.54) is 5.56 Å². The Labute approximate surface area is 166 Å². The van der Waals surface area contributed by atoms with Crippen LogP contribution in [0.15, 0.2) is 36.4 Å². The Hall–Kier alpha value is -3.13. The summed E-state index contributed by atoms with van der Waals surface area (Å²) >= 11 is 0. The number of benzene rings is 2. The Balaban J connectivity index is 1.43. The SMILES string of the molecule is Cc1ccc(NC(=O)NCC#CCOc2cccc3c2OC(C)(C)C3)cc1C. The Bertz CT molecular complexity index is 939. The number of ether oxygens (including phenoxy) is 2. The number of rotatable bonds is 4. The highest BCUT2D eigenvalue weighted by Crippen LogP contribution is 2.41. The maximum absolute atomic E-state index is 11.9. The van der Waals surface area contributed by atoms with E-state index in [-0.39, 0.29) is 24.8 Å². The van der Waals surface area contributed by atoms with Gasteiger partial charge in [0, 0.05) is 17.7 Å². The molecule has 0 saturated carbocycles. The summed E-state index contributed by atoms with van der Waals surface area (Å²) < 4.78 is 11.7. The predicted molar refractivity (Wildman–Crippen MR) is 111 cm³/mol. The van der Waals surface area contributed by atoms with E-state index in [0.29, 0.717) is 5.75 Å². The zero-order valence-corrected chi connectivity index (χ0v) is 16.8. The normalized spacial score (nSPS) is 13.6. The Morgan fingerprint density at radius 3 is 2.79 bits per heavy atom. The number of amides is 2. The van der Waals surface area contributed by atoms with E-state index in [1.807, 2.05) is 44.2 Å². The summed E-state index contributed by atoms with van der Waals surface area (Å²) in [5.74, 6) is 7.31. The Morgan fingerprint density at radius 2 is 2.00 bits per heavy atom. The first-order valence-corrected chi connectivity index (χ1v) is 9.35. The largest absolute Gasteiger partial charge is 0.483 e. The molecule has 3 rings (SSSR count). The van der Waals surface area contributed by atoms with Crippen LogP contribution in [0.5, 0.6) is 11.5 Å². The van der Waals surface area contributed by atoms with Crippen LogP contribution in [0, 0.1) is 25.7 Å². The van der Waals surface area contributed by atoms with Gasteiger partial charge < -0.3 is 20.1 Å².